The first-order chi connectivity index (χ1) is 8.50. The molecule has 0 aromatic carbocycles. The third-order valence-electron chi connectivity index (χ3n) is 4.72. The van der Waals surface area contributed by atoms with E-state index in [1.807, 2.05) is 0 Å². The van der Waals surface area contributed by atoms with E-state index >= 15 is 0 Å². The van der Waals surface area contributed by atoms with Gasteiger partial charge in [0, 0.05) is 0 Å². The van der Waals surface area contributed by atoms with E-state index in [0.717, 1.165) is 23.7 Å². The van der Waals surface area contributed by atoms with Crippen molar-refractivity contribution in [1.82, 2.24) is 0 Å². The summed E-state index contributed by atoms with van der Waals surface area (Å²) in [6, 6.07) is 0. The lowest BCUT2D eigenvalue weighted by atomic mass is 9.76. The molecule has 0 nitrogen and oxygen atoms in total. The quantitative estimate of drug-likeness (QED) is 0.360. The molecule has 0 saturated carbocycles. The summed E-state index contributed by atoms with van der Waals surface area (Å²) in [6.45, 7) is 14.3. The first-order valence-electron chi connectivity index (χ1n) is 8.50. The monoisotopic (exact) mass is 254 g/mol. The minimum Gasteiger partial charge on any atom is -0.0654 e. The Bertz CT molecular complexity index is 169. The normalized spacial score (nSPS) is 15.3. The van der Waals surface area contributed by atoms with E-state index in [2.05, 4.69) is 41.5 Å². The predicted octanol–water partition coefficient (Wildman–Crippen LogP) is 6.69. The Morgan fingerprint density at radius 1 is 0.611 bits per heavy atom. The number of hydrogen-bond acceptors (Lipinski definition) is 0. The lowest BCUT2D eigenvalue weighted by Gasteiger charge is -2.30. The Morgan fingerprint density at radius 2 is 1.11 bits per heavy atom. The van der Waals surface area contributed by atoms with E-state index in [-0.39, 0.29) is 0 Å². The third kappa shape index (κ3) is 8.16. The van der Waals surface area contributed by atoms with Crippen LogP contribution >= 0.6 is 0 Å². The zero-order valence-electron chi connectivity index (χ0n) is 14.0. The molecule has 0 radical (unpaired) electrons. The second kappa shape index (κ2) is 10.9. The van der Waals surface area contributed by atoms with Crippen molar-refractivity contribution in [3.8, 4) is 0 Å². The van der Waals surface area contributed by atoms with Gasteiger partial charge >= 0.3 is 0 Å². The molecule has 18 heavy (non-hydrogen) atoms. The van der Waals surface area contributed by atoms with Gasteiger partial charge in [-0.05, 0) is 30.1 Å². The number of hydrogen-bond donors (Lipinski definition) is 0. The zero-order chi connectivity index (χ0) is 14.0. The molecule has 0 amide bonds. The van der Waals surface area contributed by atoms with Crippen molar-refractivity contribution in [2.45, 2.75) is 92.9 Å². The molecule has 0 fully saturated rings. The molecule has 0 aliphatic carbocycles. The molecule has 0 heterocycles. The number of unbranched alkanes of at least 4 members (excludes halogenated alkanes) is 6. The van der Waals surface area contributed by atoms with Gasteiger partial charge in [-0.15, -0.1) is 0 Å². The number of rotatable bonds is 11. The standard InChI is InChI=1S/C18H38/c1-7-8-9-10-11-12-13-14-18(16(4)5)17(6)15(2)3/h15-18H,7-14H2,1-6H3. The second-order valence-corrected chi connectivity index (χ2v) is 6.92. The van der Waals surface area contributed by atoms with Crippen molar-refractivity contribution < 1.29 is 0 Å². The van der Waals surface area contributed by atoms with Crippen LogP contribution in [0.15, 0.2) is 0 Å². The van der Waals surface area contributed by atoms with Crippen molar-refractivity contribution in [3.63, 3.8) is 0 Å². The molecule has 0 aromatic heterocycles. The van der Waals surface area contributed by atoms with E-state index in [9.17, 15) is 0 Å². The van der Waals surface area contributed by atoms with E-state index in [0.29, 0.717) is 0 Å². The summed E-state index contributed by atoms with van der Waals surface area (Å²) in [6.07, 6.45) is 11.5. The largest absolute Gasteiger partial charge is 0.0654 e. The maximum Gasteiger partial charge on any atom is -0.0363 e. The topological polar surface area (TPSA) is 0 Å². The van der Waals surface area contributed by atoms with Crippen LogP contribution in [-0.4, -0.2) is 0 Å². The van der Waals surface area contributed by atoms with Crippen LogP contribution in [0.3, 0.4) is 0 Å². The fraction of sp³-hybridized carbons (Fsp3) is 1.00. The summed E-state index contributed by atoms with van der Waals surface area (Å²) in [5.41, 5.74) is 0. The molecular weight excluding hydrogens is 216 g/mol. The van der Waals surface area contributed by atoms with Gasteiger partial charge in [0.25, 0.3) is 0 Å². The summed E-state index contributed by atoms with van der Waals surface area (Å²) >= 11 is 0. The Morgan fingerprint density at radius 3 is 1.56 bits per heavy atom. The molecule has 0 aliphatic heterocycles. The highest BCUT2D eigenvalue weighted by molar-refractivity contribution is 4.72. The lowest BCUT2D eigenvalue weighted by Crippen LogP contribution is -2.22. The highest BCUT2D eigenvalue weighted by Crippen LogP contribution is 2.31. The SMILES string of the molecule is CCCCCCCCCC(C(C)C)C(C)C(C)C. The molecule has 110 valence electrons. The maximum absolute atomic E-state index is 2.45. The van der Waals surface area contributed by atoms with Gasteiger partial charge in [-0.3, -0.25) is 0 Å². The predicted molar refractivity (Wildman–Crippen MR) is 84.9 cm³/mol. The van der Waals surface area contributed by atoms with Crippen LogP contribution in [0, 0.1) is 23.7 Å². The fourth-order valence-corrected chi connectivity index (χ4v) is 3.03. The minimum absolute atomic E-state index is 0.835. The molecule has 0 aromatic rings. The molecule has 0 spiro atoms. The molecule has 0 rings (SSSR count). The average Bonchev–Trinajstić information content (AvgIpc) is 2.31. The van der Waals surface area contributed by atoms with Crippen LogP contribution in [-0.2, 0) is 0 Å². The van der Waals surface area contributed by atoms with Gasteiger partial charge in [-0.2, -0.15) is 0 Å². The van der Waals surface area contributed by atoms with Crippen LogP contribution in [0.2, 0.25) is 0 Å². The first kappa shape index (κ1) is 18.0. The van der Waals surface area contributed by atoms with Gasteiger partial charge in [-0.1, -0.05) is 86.5 Å². The van der Waals surface area contributed by atoms with E-state index < -0.39 is 0 Å². The van der Waals surface area contributed by atoms with Gasteiger partial charge in [0.2, 0.25) is 0 Å². The maximum atomic E-state index is 2.45. The van der Waals surface area contributed by atoms with Crippen LogP contribution in [0.5, 0.6) is 0 Å². The molecular formula is C18H38. The summed E-state index contributed by atoms with van der Waals surface area (Å²) in [7, 11) is 0. The van der Waals surface area contributed by atoms with E-state index in [1.54, 1.807) is 0 Å². The van der Waals surface area contributed by atoms with Crippen LogP contribution in [0.25, 0.3) is 0 Å². The molecule has 0 aliphatic rings. The van der Waals surface area contributed by atoms with Gasteiger partial charge < -0.3 is 0 Å². The lowest BCUT2D eigenvalue weighted by molar-refractivity contribution is 0.197. The second-order valence-electron chi connectivity index (χ2n) is 6.92. The Hall–Kier alpha value is 0. The van der Waals surface area contributed by atoms with Crippen molar-refractivity contribution >= 4 is 0 Å². The van der Waals surface area contributed by atoms with Gasteiger partial charge in [0.05, 0.1) is 0 Å². The van der Waals surface area contributed by atoms with Crippen molar-refractivity contribution in [2.24, 2.45) is 23.7 Å². The highest BCUT2D eigenvalue weighted by atomic mass is 14.3. The smallest absolute Gasteiger partial charge is 0.0363 e. The summed E-state index contributed by atoms with van der Waals surface area (Å²) in [5, 5.41) is 0. The van der Waals surface area contributed by atoms with Crippen LogP contribution in [0.4, 0.5) is 0 Å². The van der Waals surface area contributed by atoms with Gasteiger partial charge in [0.15, 0.2) is 0 Å². The molecule has 0 bridgehead atoms. The molecule has 0 N–H and O–H groups in total. The highest BCUT2D eigenvalue weighted by Gasteiger charge is 2.22. The van der Waals surface area contributed by atoms with E-state index in [1.165, 1.54) is 51.4 Å². The zero-order valence-corrected chi connectivity index (χ0v) is 14.0. The summed E-state index contributed by atoms with van der Waals surface area (Å²) in [4.78, 5) is 0. The minimum atomic E-state index is 0.835. The van der Waals surface area contributed by atoms with Crippen molar-refractivity contribution in [3.05, 3.63) is 0 Å². The van der Waals surface area contributed by atoms with Gasteiger partial charge in [0.1, 0.15) is 0 Å². The van der Waals surface area contributed by atoms with E-state index in [4.69, 9.17) is 0 Å². The summed E-state index contributed by atoms with van der Waals surface area (Å²) in [5.74, 6) is 3.50. The van der Waals surface area contributed by atoms with Gasteiger partial charge in [-0.25, -0.2) is 0 Å². The molecule has 0 heteroatoms. The molecule has 2 atom stereocenters. The Labute approximate surface area is 117 Å². The first-order valence-corrected chi connectivity index (χ1v) is 8.50. The average molecular weight is 255 g/mol. The van der Waals surface area contributed by atoms with Crippen LogP contribution < -0.4 is 0 Å². The molecule has 2 unspecified atom stereocenters. The van der Waals surface area contributed by atoms with Crippen molar-refractivity contribution in [1.29, 1.82) is 0 Å². The Kier molecular flexibility index (Phi) is 10.9. The molecule has 0 saturated heterocycles. The summed E-state index contributed by atoms with van der Waals surface area (Å²) < 4.78 is 0. The Balaban J connectivity index is 3.72. The van der Waals surface area contributed by atoms with Crippen LogP contribution in [0.1, 0.15) is 92.9 Å². The van der Waals surface area contributed by atoms with Crippen molar-refractivity contribution in [2.75, 3.05) is 0 Å². The third-order valence-corrected chi connectivity index (χ3v) is 4.72. The fourth-order valence-electron chi connectivity index (χ4n) is 3.03.